The topological polar surface area (TPSA) is 69.3 Å². The van der Waals surface area contributed by atoms with Crippen molar-refractivity contribution in [2.75, 3.05) is 32.7 Å². The number of aryl methyl sites for hydroxylation is 1. The molecule has 0 spiro atoms. The Morgan fingerprint density at radius 3 is 2.43 bits per heavy atom. The van der Waals surface area contributed by atoms with Crippen molar-refractivity contribution in [3.63, 3.8) is 0 Å². The summed E-state index contributed by atoms with van der Waals surface area (Å²) < 4.78 is 26.9. The number of sulfonamides is 1. The minimum absolute atomic E-state index is 0.0762. The molecule has 1 N–H and O–H groups in total. The highest BCUT2D eigenvalue weighted by molar-refractivity contribution is 7.89. The SMILES string of the molecule is Cc1[nH]nc(S(=O)(=O)N2CCN(CC(C)C)CC2)c1CCl. The summed E-state index contributed by atoms with van der Waals surface area (Å²) in [5, 5.41) is 6.74. The van der Waals surface area contributed by atoms with Crippen LogP contribution >= 0.6 is 11.6 Å². The summed E-state index contributed by atoms with van der Waals surface area (Å²) in [4.78, 5) is 2.30. The van der Waals surface area contributed by atoms with Crippen molar-refractivity contribution in [2.45, 2.75) is 31.7 Å². The molecule has 1 aromatic rings. The molecule has 0 aromatic carbocycles. The molecule has 6 nitrogen and oxygen atoms in total. The molecular weight excluding hydrogens is 312 g/mol. The highest BCUT2D eigenvalue weighted by Gasteiger charge is 2.32. The summed E-state index contributed by atoms with van der Waals surface area (Å²) in [6.07, 6.45) is 0. The maximum absolute atomic E-state index is 12.7. The third kappa shape index (κ3) is 3.59. The number of halogens is 1. The number of hydrogen-bond donors (Lipinski definition) is 1. The van der Waals surface area contributed by atoms with Crippen LogP contribution in [0.3, 0.4) is 0 Å². The molecule has 0 aliphatic carbocycles. The number of nitrogens with zero attached hydrogens (tertiary/aromatic N) is 3. The Kier molecular flexibility index (Phi) is 5.29. The Morgan fingerprint density at radius 2 is 1.90 bits per heavy atom. The average Bonchev–Trinajstić information content (AvgIpc) is 2.80. The predicted molar refractivity (Wildman–Crippen MR) is 82.9 cm³/mol. The van der Waals surface area contributed by atoms with Gasteiger partial charge in [0.1, 0.15) is 0 Å². The lowest BCUT2D eigenvalue weighted by molar-refractivity contribution is 0.172. The smallest absolute Gasteiger partial charge is 0.262 e. The Bertz CT molecular complexity index is 577. The molecule has 1 aliphatic heterocycles. The number of aromatic nitrogens is 2. The lowest BCUT2D eigenvalue weighted by Gasteiger charge is -2.34. The minimum atomic E-state index is -3.56. The van der Waals surface area contributed by atoms with Gasteiger partial charge >= 0.3 is 0 Å². The fourth-order valence-corrected chi connectivity index (χ4v) is 4.58. The molecule has 1 aliphatic rings. The molecule has 0 unspecified atom stereocenters. The molecular formula is C13H23ClN4O2S. The van der Waals surface area contributed by atoms with Gasteiger partial charge in [0.15, 0.2) is 5.03 Å². The Hall–Kier alpha value is -0.630. The molecule has 1 aromatic heterocycles. The molecule has 2 heterocycles. The molecule has 0 saturated carbocycles. The molecule has 8 heteroatoms. The van der Waals surface area contributed by atoms with Gasteiger partial charge in [-0.15, -0.1) is 11.6 Å². The van der Waals surface area contributed by atoms with Crippen LogP contribution in [0.25, 0.3) is 0 Å². The Morgan fingerprint density at radius 1 is 1.29 bits per heavy atom. The van der Waals surface area contributed by atoms with Gasteiger partial charge < -0.3 is 4.90 Å². The third-order valence-corrected chi connectivity index (χ3v) is 5.85. The number of aromatic amines is 1. The number of H-pyrrole nitrogens is 1. The molecule has 0 radical (unpaired) electrons. The molecule has 1 saturated heterocycles. The largest absolute Gasteiger partial charge is 0.300 e. The minimum Gasteiger partial charge on any atom is -0.300 e. The van der Waals surface area contributed by atoms with Crippen LogP contribution < -0.4 is 0 Å². The van der Waals surface area contributed by atoms with Crippen LogP contribution in [0, 0.1) is 12.8 Å². The van der Waals surface area contributed by atoms with Crippen LogP contribution in [0.4, 0.5) is 0 Å². The number of piperazine rings is 1. The zero-order valence-corrected chi connectivity index (χ0v) is 14.3. The highest BCUT2D eigenvalue weighted by Crippen LogP contribution is 2.23. The van der Waals surface area contributed by atoms with Crippen LogP contribution in [-0.2, 0) is 15.9 Å². The molecule has 1 fully saturated rings. The average molecular weight is 335 g/mol. The second kappa shape index (κ2) is 6.64. The lowest BCUT2D eigenvalue weighted by Crippen LogP contribution is -2.49. The maximum Gasteiger partial charge on any atom is 0.262 e. The summed E-state index contributed by atoms with van der Waals surface area (Å²) in [6, 6.07) is 0. The van der Waals surface area contributed by atoms with Gasteiger partial charge in [-0.25, -0.2) is 8.42 Å². The monoisotopic (exact) mass is 334 g/mol. The van der Waals surface area contributed by atoms with Crippen molar-refractivity contribution < 1.29 is 8.42 Å². The summed E-state index contributed by atoms with van der Waals surface area (Å²) in [6.45, 7) is 9.65. The molecule has 120 valence electrons. The zero-order valence-electron chi connectivity index (χ0n) is 12.8. The summed E-state index contributed by atoms with van der Waals surface area (Å²) in [5.74, 6) is 0.731. The quantitative estimate of drug-likeness (QED) is 0.827. The normalized spacial score (nSPS) is 18.5. The Balaban J connectivity index is 2.11. The van der Waals surface area contributed by atoms with Gasteiger partial charge in [0.2, 0.25) is 0 Å². The van der Waals surface area contributed by atoms with E-state index in [0.717, 1.165) is 19.6 Å². The van der Waals surface area contributed by atoms with Crippen LogP contribution in [0.2, 0.25) is 0 Å². The summed E-state index contributed by atoms with van der Waals surface area (Å²) >= 11 is 5.85. The van der Waals surface area contributed by atoms with Crippen molar-refractivity contribution in [3.05, 3.63) is 11.3 Å². The summed E-state index contributed by atoms with van der Waals surface area (Å²) in [5.41, 5.74) is 1.28. The first-order valence-corrected chi connectivity index (χ1v) is 9.16. The van der Waals surface area contributed by atoms with Gasteiger partial charge in [0.25, 0.3) is 10.0 Å². The van der Waals surface area contributed by atoms with E-state index in [1.807, 2.05) is 0 Å². The van der Waals surface area contributed by atoms with Gasteiger partial charge in [0, 0.05) is 44.0 Å². The van der Waals surface area contributed by atoms with Gasteiger partial charge in [-0.3, -0.25) is 5.10 Å². The van der Waals surface area contributed by atoms with Gasteiger partial charge in [0.05, 0.1) is 5.88 Å². The second-order valence-corrected chi connectivity index (χ2v) is 7.98. The second-order valence-electron chi connectivity index (χ2n) is 5.86. The summed E-state index contributed by atoms with van der Waals surface area (Å²) in [7, 11) is -3.56. The predicted octanol–water partition coefficient (Wildman–Crippen LogP) is 1.42. The first-order chi connectivity index (χ1) is 9.86. The van der Waals surface area contributed by atoms with E-state index in [1.165, 1.54) is 4.31 Å². The van der Waals surface area contributed by atoms with E-state index in [-0.39, 0.29) is 10.9 Å². The number of hydrogen-bond acceptors (Lipinski definition) is 4. The van der Waals surface area contributed by atoms with E-state index in [0.29, 0.717) is 30.3 Å². The third-order valence-electron chi connectivity index (χ3n) is 3.71. The molecule has 0 amide bonds. The van der Waals surface area contributed by atoms with Crippen molar-refractivity contribution >= 4 is 21.6 Å². The number of rotatable bonds is 5. The molecule has 0 bridgehead atoms. The van der Waals surface area contributed by atoms with Gasteiger partial charge in [-0.2, -0.15) is 9.40 Å². The van der Waals surface area contributed by atoms with Crippen molar-refractivity contribution in [1.29, 1.82) is 0 Å². The van der Waals surface area contributed by atoms with Crippen LogP contribution in [0.15, 0.2) is 5.03 Å². The first kappa shape index (κ1) is 16.7. The maximum atomic E-state index is 12.7. The lowest BCUT2D eigenvalue weighted by atomic mass is 10.2. The Labute approximate surface area is 131 Å². The fourth-order valence-electron chi connectivity index (χ4n) is 2.59. The van der Waals surface area contributed by atoms with E-state index in [9.17, 15) is 8.42 Å². The van der Waals surface area contributed by atoms with E-state index in [1.54, 1.807) is 6.92 Å². The molecule has 0 atom stereocenters. The van der Waals surface area contributed by atoms with Crippen LogP contribution in [-0.4, -0.2) is 60.5 Å². The van der Waals surface area contributed by atoms with E-state index in [4.69, 9.17) is 11.6 Å². The van der Waals surface area contributed by atoms with Gasteiger partial charge in [-0.1, -0.05) is 13.8 Å². The highest BCUT2D eigenvalue weighted by atomic mass is 35.5. The zero-order chi connectivity index (χ0) is 15.6. The molecule has 2 rings (SSSR count). The van der Waals surface area contributed by atoms with E-state index >= 15 is 0 Å². The standard InChI is InChI=1S/C13H23ClN4O2S/c1-10(2)9-17-4-6-18(7-5-17)21(19,20)13-12(8-14)11(3)15-16-13/h10H,4-9H2,1-3H3,(H,15,16). The number of nitrogens with one attached hydrogen (secondary N) is 1. The van der Waals surface area contributed by atoms with Crippen LogP contribution in [0.1, 0.15) is 25.1 Å². The van der Waals surface area contributed by atoms with E-state index < -0.39 is 10.0 Å². The van der Waals surface area contributed by atoms with Crippen molar-refractivity contribution in [1.82, 2.24) is 19.4 Å². The van der Waals surface area contributed by atoms with Crippen LogP contribution in [0.5, 0.6) is 0 Å². The molecule has 21 heavy (non-hydrogen) atoms. The van der Waals surface area contributed by atoms with Crippen molar-refractivity contribution in [2.24, 2.45) is 5.92 Å². The van der Waals surface area contributed by atoms with E-state index in [2.05, 4.69) is 28.9 Å². The van der Waals surface area contributed by atoms with Gasteiger partial charge in [-0.05, 0) is 12.8 Å². The fraction of sp³-hybridized carbons (Fsp3) is 0.769. The number of alkyl halides is 1. The van der Waals surface area contributed by atoms with Crippen molar-refractivity contribution in [3.8, 4) is 0 Å². The first-order valence-electron chi connectivity index (χ1n) is 7.18.